The summed E-state index contributed by atoms with van der Waals surface area (Å²) in [5, 5.41) is 0. The van der Waals surface area contributed by atoms with Crippen LogP contribution in [0.1, 0.15) is 30.6 Å². The van der Waals surface area contributed by atoms with Crippen LogP contribution in [0.4, 0.5) is 8.78 Å². The molecule has 1 saturated heterocycles. The van der Waals surface area contributed by atoms with E-state index in [1.54, 1.807) is 18.3 Å². The molecule has 5 nitrogen and oxygen atoms in total. The zero-order valence-corrected chi connectivity index (χ0v) is 12.7. The molecular weight excluding hydrogens is 294 g/mol. The normalized spacial score (nSPS) is 18.3. The molecule has 0 spiro atoms. The fraction of sp³-hybridized carbons (Fsp3) is 0.600. The van der Waals surface area contributed by atoms with Crippen molar-refractivity contribution in [2.45, 2.75) is 33.0 Å². The molecule has 1 aromatic heterocycles. The van der Waals surface area contributed by atoms with Crippen molar-refractivity contribution in [3.63, 3.8) is 0 Å². The Hall–Kier alpha value is -1.76. The van der Waals surface area contributed by atoms with Crippen LogP contribution in [0.2, 0.25) is 0 Å². The first kappa shape index (κ1) is 16.6. The molecule has 0 bridgehead atoms. The number of hydrogen-bond donors (Lipinski definition) is 0. The van der Waals surface area contributed by atoms with Crippen LogP contribution in [0.15, 0.2) is 18.3 Å². The summed E-state index contributed by atoms with van der Waals surface area (Å²) < 4.78 is 34.5. The van der Waals surface area contributed by atoms with Gasteiger partial charge in [0, 0.05) is 19.3 Å². The highest BCUT2D eigenvalue weighted by Gasteiger charge is 2.30. The van der Waals surface area contributed by atoms with E-state index in [4.69, 9.17) is 4.74 Å². The van der Waals surface area contributed by atoms with E-state index in [0.717, 1.165) is 0 Å². The number of halogens is 2. The second-order valence-corrected chi connectivity index (χ2v) is 5.62. The van der Waals surface area contributed by atoms with Crippen molar-refractivity contribution in [2.75, 3.05) is 19.7 Å². The number of carbonyl (C=O) groups is 1. The largest absolute Gasteiger partial charge is 0.477 e. The molecule has 122 valence electrons. The molecule has 1 aromatic rings. The molecule has 2 rings (SSSR count). The molecule has 1 fully saturated rings. The van der Waals surface area contributed by atoms with Crippen molar-refractivity contribution in [3.05, 3.63) is 23.9 Å². The summed E-state index contributed by atoms with van der Waals surface area (Å²) in [6.45, 7) is 2.17. The average Bonchev–Trinajstić information content (AvgIpc) is 2.92. The van der Waals surface area contributed by atoms with Gasteiger partial charge in [0.05, 0.1) is 12.7 Å². The van der Waals surface area contributed by atoms with E-state index in [2.05, 4.69) is 9.72 Å². The highest BCUT2D eigenvalue weighted by atomic mass is 19.3. The first-order valence-electron chi connectivity index (χ1n) is 7.28. The van der Waals surface area contributed by atoms with E-state index in [0.29, 0.717) is 31.1 Å². The van der Waals surface area contributed by atoms with E-state index in [9.17, 15) is 13.6 Å². The van der Waals surface area contributed by atoms with Gasteiger partial charge >= 0.3 is 6.61 Å². The molecule has 0 aromatic carbocycles. The predicted octanol–water partition coefficient (Wildman–Crippen LogP) is 2.57. The molecule has 1 aliphatic heterocycles. The van der Waals surface area contributed by atoms with E-state index >= 15 is 0 Å². The summed E-state index contributed by atoms with van der Waals surface area (Å²) in [4.78, 5) is 18.1. The number of alkyl halides is 2. The molecule has 22 heavy (non-hydrogen) atoms. The molecule has 0 N–H and O–H groups in total. The minimum absolute atomic E-state index is 0.154. The summed E-state index contributed by atoms with van der Waals surface area (Å²) in [5.41, 5.74) is 0.348. The quantitative estimate of drug-likeness (QED) is 0.810. The number of pyridine rings is 1. The van der Waals surface area contributed by atoms with Crippen molar-refractivity contribution in [3.8, 4) is 5.88 Å². The first-order chi connectivity index (χ1) is 10.5. The van der Waals surface area contributed by atoms with E-state index in [-0.39, 0.29) is 18.3 Å². The van der Waals surface area contributed by atoms with Gasteiger partial charge in [-0.05, 0) is 24.5 Å². The van der Waals surface area contributed by atoms with Crippen molar-refractivity contribution >= 4 is 5.91 Å². The lowest BCUT2D eigenvalue weighted by molar-refractivity contribution is -0.158. The molecule has 0 aliphatic carbocycles. The molecular formula is C15H20F2N2O3. The summed E-state index contributed by atoms with van der Waals surface area (Å²) in [6, 6.07) is 3.28. The van der Waals surface area contributed by atoms with Crippen LogP contribution in [0.5, 0.6) is 5.88 Å². The fourth-order valence-electron chi connectivity index (χ4n) is 2.25. The zero-order valence-electron chi connectivity index (χ0n) is 12.7. The number of nitrogens with zero attached hydrogens (tertiary/aromatic N) is 2. The van der Waals surface area contributed by atoms with Gasteiger partial charge in [0.2, 0.25) is 5.88 Å². The van der Waals surface area contributed by atoms with Gasteiger partial charge in [-0.1, -0.05) is 13.8 Å². The molecule has 0 radical (unpaired) electrons. The average molecular weight is 314 g/mol. The SMILES string of the molecule is CC(C)COc1ncccc1C(=O)N1CC[C@H](OC(F)F)C1. The van der Waals surface area contributed by atoms with Crippen molar-refractivity contribution < 1.29 is 23.0 Å². The third-order valence-electron chi connectivity index (χ3n) is 3.28. The van der Waals surface area contributed by atoms with Crippen LogP contribution in [-0.4, -0.2) is 48.2 Å². The topological polar surface area (TPSA) is 51.7 Å². The molecule has 1 atom stereocenters. The zero-order chi connectivity index (χ0) is 16.1. The third-order valence-corrected chi connectivity index (χ3v) is 3.28. The van der Waals surface area contributed by atoms with Gasteiger partial charge in [-0.25, -0.2) is 4.98 Å². The Morgan fingerprint density at radius 3 is 2.95 bits per heavy atom. The van der Waals surface area contributed by atoms with E-state index < -0.39 is 12.7 Å². The predicted molar refractivity (Wildman–Crippen MR) is 76.0 cm³/mol. The molecule has 1 amide bonds. The second-order valence-electron chi connectivity index (χ2n) is 5.62. The van der Waals surface area contributed by atoms with Gasteiger partial charge in [0.1, 0.15) is 5.56 Å². The lowest BCUT2D eigenvalue weighted by Crippen LogP contribution is -2.31. The highest BCUT2D eigenvalue weighted by Crippen LogP contribution is 2.22. The smallest absolute Gasteiger partial charge is 0.345 e. The van der Waals surface area contributed by atoms with Crippen LogP contribution in [0.25, 0.3) is 0 Å². The summed E-state index contributed by atoms with van der Waals surface area (Å²) in [5.74, 6) is 0.312. The van der Waals surface area contributed by atoms with Crippen LogP contribution in [-0.2, 0) is 4.74 Å². The third kappa shape index (κ3) is 4.37. The van der Waals surface area contributed by atoms with Crippen LogP contribution >= 0.6 is 0 Å². The maximum Gasteiger partial charge on any atom is 0.345 e. The maximum absolute atomic E-state index is 12.5. The summed E-state index contributed by atoms with van der Waals surface area (Å²) in [7, 11) is 0. The molecule has 0 saturated carbocycles. The summed E-state index contributed by atoms with van der Waals surface area (Å²) in [6.07, 6.45) is 1.33. The Balaban J connectivity index is 2.04. The van der Waals surface area contributed by atoms with Crippen molar-refractivity contribution in [1.29, 1.82) is 0 Å². The van der Waals surface area contributed by atoms with Crippen LogP contribution in [0.3, 0.4) is 0 Å². The number of aromatic nitrogens is 1. The van der Waals surface area contributed by atoms with Crippen LogP contribution < -0.4 is 4.74 Å². The second kappa shape index (κ2) is 7.49. The fourth-order valence-corrected chi connectivity index (χ4v) is 2.25. The van der Waals surface area contributed by atoms with Gasteiger partial charge in [-0.2, -0.15) is 8.78 Å². The Bertz CT molecular complexity index is 511. The minimum Gasteiger partial charge on any atom is -0.477 e. The van der Waals surface area contributed by atoms with Gasteiger partial charge in [-0.3, -0.25) is 4.79 Å². The molecule has 1 aliphatic rings. The van der Waals surface area contributed by atoms with Gasteiger partial charge in [0.25, 0.3) is 5.91 Å². The van der Waals surface area contributed by atoms with Crippen LogP contribution in [0, 0.1) is 5.92 Å². The van der Waals surface area contributed by atoms with Gasteiger partial charge < -0.3 is 14.4 Å². The lowest BCUT2D eigenvalue weighted by Gasteiger charge is -2.18. The lowest BCUT2D eigenvalue weighted by atomic mass is 10.2. The number of ether oxygens (including phenoxy) is 2. The Morgan fingerprint density at radius 2 is 2.27 bits per heavy atom. The standard InChI is InChI=1S/C15H20F2N2O3/c1-10(2)9-21-13-12(4-3-6-18-13)14(20)19-7-5-11(8-19)22-15(16)17/h3-4,6,10-11,15H,5,7-9H2,1-2H3/t11-/m0/s1. The number of amides is 1. The minimum atomic E-state index is -2.82. The first-order valence-corrected chi connectivity index (χ1v) is 7.28. The molecule has 0 unspecified atom stereocenters. The van der Waals surface area contributed by atoms with Gasteiger partial charge in [0.15, 0.2) is 0 Å². The summed E-state index contributed by atoms with van der Waals surface area (Å²) >= 11 is 0. The number of hydrogen-bond acceptors (Lipinski definition) is 4. The number of rotatable bonds is 6. The maximum atomic E-state index is 12.5. The van der Waals surface area contributed by atoms with Crippen molar-refractivity contribution in [2.24, 2.45) is 5.92 Å². The Morgan fingerprint density at radius 1 is 1.50 bits per heavy atom. The number of likely N-dealkylation sites (tertiary alicyclic amines) is 1. The van der Waals surface area contributed by atoms with Gasteiger partial charge in [-0.15, -0.1) is 0 Å². The monoisotopic (exact) mass is 314 g/mol. The highest BCUT2D eigenvalue weighted by molar-refractivity contribution is 5.96. The molecule has 7 heteroatoms. The Kier molecular flexibility index (Phi) is 5.65. The number of carbonyl (C=O) groups excluding carboxylic acids is 1. The molecule has 2 heterocycles. The van der Waals surface area contributed by atoms with E-state index in [1.165, 1.54) is 4.90 Å². The van der Waals surface area contributed by atoms with E-state index in [1.807, 2.05) is 13.8 Å². The van der Waals surface area contributed by atoms with Crippen molar-refractivity contribution in [1.82, 2.24) is 9.88 Å². The Labute approximate surface area is 128 Å².